The standard InChI is InChI=1S/C20H25NO/c1-22-19-8-4-7-17(14-19)20(11-12-21)18-10-9-15-5-2-3-6-16(15)13-18/h4,7-10,13-14,20H,2-3,5-6,11-12,21H2,1H3. The molecule has 2 nitrogen and oxygen atoms in total. The lowest BCUT2D eigenvalue weighted by Gasteiger charge is -2.22. The fourth-order valence-corrected chi connectivity index (χ4v) is 3.52. The molecule has 22 heavy (non-hydrogen) atoms. The molecule has 0 bridgehead atoms. The van der Waals surface area contributed by atoms with Crippen LogP contribution in [-0.2, 0) is 12.8 Å². The van der Waals surface area contributed by atoms with Crippen molar-refractivity contribution >= 4 is 0 Å². The maximum atomic E-state index is 5.88. The lowest BCUT2D eigenvalue weighted by molar-refractivity contribution is 0.414. The van der Waals surface area contributed by atoms with E-state index in [0.717, 1.165) is 12.2 Å². The normalized spacial score (nSPS) is 15.2. The third-order valence-corrected chi connectivity index (χ3v) is 4.73. The van der Waals surface area contributed by atoms with Gasteiger partial charge in [0, 0.05) is 5.92 Å². The molecule has 0 aromatic heterocycles. The van der Waals surface area contributed by atoms with Gasteiger partial charge in [0.05, 0.1) is 7.11 Å². The van der Waals surface area contributed by atoms with E-state index in [9.17, 15) is 0 Å². The zero-order valence-electron chi connectivity index (χ0n) is 13.3. The topological polar surface area (TPSA) is 35.2 Å². The number of methoxy groups -OCH3 is 1. The van der Waals surface area contributed by atoms with Crippen molar-refractivity contribution in [1.29, 1.82) is 0 Å². The van der Waals surface area contributed by atoms with E-state index >= 15 is 0 Å². The monoisotopic (exact) mass is 295 g/mol. The first-order valence-electron chi connectivity index (χ1n) is 8.27. The van der Waals surface area contributed by atoms with E-state index in [-0.39, 0.29) is 0 Å². The highest BCUT2D eigenvalue weighted by Gasteiger charge is 2.17. The molecule has 1 atom stereocenters. The first-order chi connectivity index (χ1) is 10.8. The number of benzene rings is 2. The highest BCUT2D eigenvalue weighted by atomic mass is 16.5. The van der Waals surface area contributed by atoms with Crippen LogP contribution in [0.5, 0.6) is 5.75 Å². The summed E-state index contributed by atoms with van der Waals surface area (Å²) in [5.41, 5.74) is 11.6. The highest BCUT2D eigenvalue weighted by molar-refractivity contribution is 5.41. The summed E-state index contributed by atoms with van der Waals surface area (Å²) in [4.78, 5) is 0. The van der Waals surface area contributed by atoms with E-state index in [4.69, 9.17) is 10.5 Å². The van der Waals surface area contributed by atoms with Crippen molar-refractivity contribution < 1.29 is 4.74 Å². The van der Waals surface area contributed by atoms with E-state index in [0.29, 0.717) is 12.5 Å². The molecule has 0 saturated carbocycles. The number of hydrogen-bond acceptors (Lipinski definition) is 2. The Morgan fingerprint density at radius 1 is 1.00 bits per heavy atom. The maximum Gasteiger partial charge on any atom is 0.119 e. The van der Waals surface area contributed by atoms with E-state index < -0.39 is 0 Å². The summed E-state index contributed by atoms with van der Waals surface area (Å²) in [6.45, 7) is 0.693. The largest absolute Gasteiger partial charge is 0.497 e. The van der Waals surface area contributed by atoms with Gasteiger partial charge in [0.2, 0.25) is 0 Å². The predicted molar refractivity (Wildman–Crippen MR) is 91.6 cm³/mol. The van der Waals surface area contributed by atoms with E-state index in [1.807, 2.05) is 6.07 Å². The van der Waals surface area contributed by atoms with Crippen LogP contribution in [0.1, 0.15) is 47.4 Å². The van der Waals surface area contributed by atoms with Crippen LogP contribution >= 0.6 is 0 Å². The number of hydrogen-bond donors (Lipinski definition) is 1. The van der Waals surface area contributed by atoms with Crippen LogP contribution in [0, 0.1) is 0 Å². The van der Waals surface area contributed by atoms with Crippen molar-refractivity contribution in [2.75, 3.05) is 13.7 Å². The molecular formula is C20H25NO. The molecular weight excluding hydrogens is 270 g/mol. The molecule has 2 aromatic rings. The fraction of sp³-hybridized carbons (Fsp3) is 0.400. The van der Waals surface area contributed by atoms with Gasteiger partial charge in [-0.25, -0.2) is 0 Å². The number of ether oxygens (including phenoxy) is 1. The number of fused-ring (bicyclic) bond motifs is 1. The minimum Gasteiger partial charge on any atom is -0.497 e. The molecule has 0 radical (unpaired) electrons. The van der Waals surface area contributed by atoms with Gasteiger partial charge in [-0.15, -0.1) is 0 Å². The molecule has 2 N–H and O–H groups in total. The Bertz CT molecular complexity index is 635. The molecule has 1 aliphatic carbocycles. The molecule has 0 heterocycles. The van der Waals surface area contributed by atoms with E-state index in [1.165, 1.54) is 47.9 Å². The molecule has 2 heteroatoms. The van der Waals surface area contributed by atoms with Crippen LogP contribution in [-0.4, -0.2) is 13.7 Å². The smallest absolute Gasteiger partial charge is 0.119 e. The third kappa shape index (κ3) is 3.17. The van der Waals surface area contributed by atoms with Gasteiger partial charge in [-0.3, -0.25) is 0 Å². The second-order valence-electron chi connectivity index (χ2n) is 6.14. The zero-order chi connectivity index (χ0) is 15.4. The van der Waals surface area contributed by atoms with E-state index in [1.54, 1.807) is 7.11 Å². The SMILES string of the molecule is COc1cccc(C(CCN)c2ccc3c(c2)CCCC3)c1. The first kappa shape index (κ1) is 15.1. The van der Waals surface area contributed by atoms with Crippen LogP contribution in [0.4, 0.5) is 0 Å². The van der Waals surface area contributed by atoms with E-state index in [2.05, 4.69) is 36.4 Å². The average molecular weight is 295 g/mol. The predicted octanol–water partition coefficient (Wildman–Crippen LogP) is 4.05. The van der Waals surface area contributed by atoms with Crippen LogP contribution in [0.3, 0.4) is 0 Å². The lowest BCUT2D eigenvalue weighted by atomic mass is 9.84. The molecule has 2 aromatic carbocycles. The van der Waals surface area contributed by atoms with Crippen molar-refractivity contribution in [1.82, 2.24) is 0 Å². The first-order valence-corrected chi connectivity index (χ1v) is 8.27. The second kappa shape index (κ2) is 6.97. The van der Waals surface area contributed by atoms with Crippen molar-refractivity contribution in [3.63, 3.8) is 0 Å². The molecule has 0 aliphatic heterocycles. The summed E-state index contributed by atoms with van der Waals surface area (Å²) >= 11 is 0. The van der Waals surface area contributed by atoms with Gasteiger partial charge in [0.1, 0.15) is 5.75 Å². The minimum absolute atomic E-state index is 0.354. The van der Waals surface area contributed by atoms with Crippen molar-refractivity contribution in [2.45, 2.75) is 38.0 Å². The Morgan fingerprint density at radius 2 is 1.77 bits per heavy atom. The van der Waals surface area contributed by atoms with Crippen LogP contribution in [0.15, 0.2) is 42.5 Å². The Morgan fingerprint density at radius 3 is 2.55 bits per heavy atom. The summed E-state index contributed by atoms with van der Waals surface area (Å²) in [7, 11) is 1.72. The quantitative estimate of drug-likeness (QED) is 0.903. The molecule has 0 spiro atoms. The maximum absolute atomic E-state index is 5.88. The Labute approximate surface area is 133 Å². The molecule has 0 fully saturated rings. The van der Waals surface area contributed by atoms with Gasteiger partial charge in [0.25, 0.3) is 0 Å². The summed E-state index contributed by atoms with van der Waals surface area (Å²) in [5.74, 6) is 1.27. The van der Waals surface area contributed by atoms with Gasteiger partial charge in [-0.05, 0) is 73.0 Å². The number of aryl methyl sites for hydroxylation is 2. The fourth-order valence-electron chi connectivity index (χ4n) is 3.52. The summed E-state index contributed by atoms with van der Waals surface area (Å²) in [5, 5.41) is 0. The van der Waals surface area contributed by atoms with Crippen molar-refractivity contribution in [3.05, 3.63) is 64.7 Å². The van der Waals surface area contributed by atoms with Gasteiger partial charge >= 0.3 is 0 Å². The summed E-state index contributed by atoms with van der Waals surface area (Å²) in [6.07, 6.45) is 6.06. The lowest BCUT2D eigenvalue weighted by Crippen LogP contribution is -2.11. The zero-order valence-corrected chi connectivity index (χ0v) is 13.3. The van der Waals surface area contributed by atoms with Gasteiger partial charge in [0.15, 0.2) is 0 Å². The van der Waals surface area contributed by atoms with Crippen molar-refractivity contribution in [3.8, 4) is 5.75 Å². The molecule has 0 saturated heterocycles. The molecule has 3 rings (SSSR count). The minimum atomic E-state index is 0.354. The third-order valence-electron chi connectivity index (χ3n) is 4.73. The summed E-state index contributed by atoms with van der Waals surface area (Å²) in [6, 6.07) is 15.4. The molecule has 1 aliphatic rings. The average Bonchev–Trinajstić information content (AvgIpc) is 2.59. The van der Waals surface area contributed by atoms with Gasteiger partial charge in [-0.2, -0.15) is 0 Å². The van der Waals surface area contributed by atoms with Crippen LogP contribution in [0.25, 0.3) is 0 Å². The van der Waals surface area contributed by atoms with Gasteiger partial charge < -0.3 is 10.5 Å². The Kier molecular flexibility index (Phi) is 4.79. The Hall–Kier alpha value is -1.80. The summed E-state index contributed by atoms with van der Waals surface area (Å²) < 4.78 is 5.38. The number of rotatable bonds is 5. The van der Waals surface area contributed by atoms with Crippen LogP contribution < -0.4 is 10.5 Å². The van der Waals surface area contributed by atoms with Crippen molar-refractivity contribution in [2.24, 2.45) is 5.73 Å². The molecule has 116 valence electrons. The number of nitrogens with two attached hydrogens (primary N) is 1. The van der Waals surface area contributed by atoms with Gasteiger partial charge in [-0.1, -0.05) is 30.3 Å². The second-order valence-corrected chi connectivity index (χ2v) is 6.14. The molecule has 1 unspecified atom stereocenters. The van der Waals surface area contributed by atoms with Crippen LogP contribution in [0.2, 0.25) is 0 Å². The Balaban J connectivity index is 1.96. The highest BCUT2D eigenvalue weighted by Crippen LogP contribution is 2.32. The molecule has 0 amide bonds.